The number of likely N-dealkylation sites (N-methyl/N-ethyl adjacent to an activating group) is 1. The lowest BCUT2D eigenvalue weighted by atomic mass is 10.0. The predicted molar refractivity (Wildman–Crippen MR) is 62.5 cm³/mol. The van der Waals surface area contributed by atoms with Crippen LogP contribution in [0.15, 0.2) is 6.33 Å². The number of nitrogens with zero attached hydrogens (tertiary/aromatic N) is 4. The zero-order valence-corrected chi connectivity index (χ0v) is 10.2. The molecule has 0 bridgehead atoms. The van der Waals surface area contributed by atoms with Crippen LogP contribution in [0.1, 0.15) is 12.2 Å². The minimum atomic E-state index is 0.458. The van der Waals surface area contributed by atoms with Crippen molar-refractivity contribution in [2.75, 3.05) is 26.8 Å². The van der Waals surface area contributed by atoms with E-state index in [1.54, 1.807) is 0 Å². The first-order valence-corrected chi connectivity index (χ1v) is 6.24. The monoisotopic (exact) mass is 237 g/mol. The number of hydrogen-bond donors (Lipinski definition) is 1. The van der Waals surface area contributed by atoms with Crippen molar-refractivity contribution in [2.45, 2.75) is 31.6 Å². The van der Waals surface area contributed by atoms with Crippen LogP contribution in [0.4, 0.5) is 0 Å². The molecule has 3 heterocycles. The molecule has 17 heavy (non-hydrogen) atoms. The summed E-state index contributed by atoms with van der Waals surface area (Å²) in [6, 6.07) is 0.984. The fourth-order valence-corrected chi connectivity index (χ4v) is 2.79. The lowest BCUT2D eigenvalue weighted by Gasteiger charge is -2.41. The SMILES string of the molecule is CNC1CCOCC1N1CCn2cnnc2C1. The Morgan fingerprint density at radius 2 is 2.41 bits per heavy atom. The van der Waals surface area contributed by atoms with Crippen molar-refractivity contribution in [1.82, 2.24) is 25.0 Å². The Morgan fingerprint density at radius 1 is 1.47 bits per heavy atom. The third-order valence-corrected chi connectivity index (χ3v) is 3.83. The molecule has 0 amide bonds. The van der Waals surface area contributed by atoms with Gasteiger partial charge in [-0.15, -0.1) is 10.2 Å². The molecule has 2 aliphatic heterocycles. The summed E-state index contributed by atoms with van der Waals surface area (Å²) in [6.07, 6.45) is 2.91. The average molecular weight is 237 g/mol. The van der Waals surface area contributed by atoms with Gasteiger partial charge in [0.05, 0.1) is 13.2 Å². The smallest absolute Gasteiger partial charge is 0.147 e. The van der Waals surface area contributed by atoms with E-state index in [2.05, 4.69) is 25.0 Å². The molecular formula is C11H19N5O. The van der Waals surface area contributed by atoms with E-state index in [9.17, 15) is 0 Å². The molecular weight excluding hydrogens is 218 g/mol. The summed E-state index contributed by atoms with van der Waals surface area (Å²) in [5.41, 5.74) is 0. The van der Waals surface area contributed by atoms with Crippen molar-refractivity contribution in [2.24, 2.45) is 0 Å². The van der Waals surface area contributed by atoms with E-state index in [1.165, 1.54) is 0 Å². The maximum absolute atomic E-state index is 5.61. The molecule has 1 aromatic rings. The molecule has 2 aliphatic rings. The molecule has 1 aromatic heterocycles. The van der Waals surface area contributed by atoms with Gasteiger partial charge in [-0.3, -0.25) is 4.90 Å². The van der Waals surface area contributed by atoms with Gasteiger partial charge >= 0.3 is 0 Å². The molecule has 0 aliphatic carbocycles. The van der Waals surface area contributed by atoms with Crippen molar-refractivity contribution in [3.05, 3.63) is 12.2 Å². The van der Waals surface area contributed by atoms with E-state index in [-0.39, 0.29) is 0 Å². The zero-order valence-electron chi connectivity index (χ0n) is 10.2. The average Bonchev–Trinajstić information content (AvgIpc) is 2.85. The standard InChI is InChI=1S/C11H19N5O/c1-12-9-2-5-17-7-10(9)15-3-4-16-8-13-14-11(16)6-15/h8-10,12H,2-7H2,1H3. The van der Waals surface area contributed by atoms with Gasteiger partial charge in [-0.2, -0.15) is 0 Å². The molecule has 0 aromatic carbocycles. The molecule has 1 fully saturated rings. The van der Waals surface area contributed by atoms with E-state index in [0.717, 1.165) is 45.1 Å². The van der Waals surface area contributed by atoms with Gasteiger partial charge in [0.1, 0.15) is 12.2 Å². The quantitative estimate of drug-likeness (QED) is 0.749. The first-order valence-electron chi connectivity index (χ1n) is 6.24. The van der Waals surface area contributed by atoms with Gasteiger partial charge in [0.25, 0.3) is 0 Å². The van der Waals surface area contributed by atoms with Crippen molar-refractivity contribution in [3.8, 4) is 0 Å². The topological polar surface area (TPSA) is 55.2 Å². The third-order valence-electron chi connectivity index (χ3n) is 3.83. The Morgan fingerprint density at radius 3 is 3.29 bits per heavy atom. The predicted octanol–water partition coefficient (Wildman–Crippen LogP) is -0.529. The minimum Gasteiger partial charge on any atom is -0.380 e. The highest BCUT2D eigenvalue weighted by Gasteiger charge is 2.32. The number of rotatable bonds is 2. The number of fused-ring (bicyclic) bond motifs is 1. The van der Waals surface area contributed by atoms with Gasteiger partial charge in [-0.25, -0.2) is 0 Å². The fourth-order valence-electron chi connectivity index (χ4n) is 2.79. The Kier molecular flexibility index (Phi) is 3.09. The van der Waals surface area contributed by atoms with Crippen molar-refractivity contribution < 1.29 is 4.74 Å². The molecule has 6 nitrogen and oxygen atoms in total. The first-order chi connectivity index (χ1) is 8.38. The molecule has 3 rings (SSSR count). The Labute approximate surface area is 101 Å². The van der Waals surface area contributed by atoms with Crippen LogP contribution in [0.3, 0.4) is 0 Å². The van der Waals surface area contributed by atoms with Crippen LogP contribution in [-0.4, -0.2) is 58.6 Å². The second-order valence-electron chi connectivity index (χ2n) is 4.74. The van der Waals surface area contributed by atoms with Crippen molar-refractivity contribution in [1.29, 1.82) is 0 Å². The van der Waals surface area contributed by atoms with E-state index >= 15 is 0 Å². The number of hydrogen-bond acceptors (Lipinski definition) is 5. The number of ether oxygens (including phenoxy) is 1. The molecule has 6 heteroatoms. The maximum Gasteiger partial charge on any atom is 0.147 e. The van der Waals surface area contributed by atoms with E-state index in [0.29, 0.717) is 12.1 Å². The summed E-state index contributed by atoms with van der Waals surface area (Å²) in [4.78, 5) is 2.46. The van der Waals surface area contributed by atoms with Crippen molar-refractivity contribution >= 4 is 0 Å². The van der Waals surface area contributed by atoms with Gasteiger partial charge in [-0.1, -0.05) is 0 Å². The maximum atomic E-state index is 5.61. The Bertz CT molecular complexity index is 380. The first kappa shape index (κ1) is 11.1. The van der Waals surface area contributed by atoms with E-state index < -0.39 is 0 Å². The van der Waals surface area contributed by atoms with Gasteiger partial charge in [0.15, 0.2) is 0 Å². The molecule has 0 saturated carbocycles. The highest BCUT2D eigenvalue weighted by molar-refractivity contribution is 4.95. The summed E-state index contributed by atoms with van der Waals surface area (Å²) in [6.45, 7) is 4.60. The van der Waals surface area contributed by atoms with Crippen molar-refractivity contribution in [3.63, 3.8) is 0 Å². The Hall–Kier alpha value is -0.980. The molecule has 2 unspecified atom stereocenters. The zero-order chi connectivity index (χ0) is 11.7. The largest absolute Gasteiger partial charge is 0.380 e. The van der Waals surface area contributed by atoms with E-state index in [4.69, 9.17) is 4.74 Å². The van der Waals surface area contributed by atoms with Crippen LogP contribution < -0.4 is 5.32 Å². The molecule has 94 valence electrons. The lowest BCUT2D eigenvalue weighted by molar-refractivity contribution is -0.0116. The van der Waals surface area contributed by atoms with Crippen LogP contribution in [0.25, 0.3) is 0 Å². The summed E-state index contributed by atoms with van der Waals surface area (Å²) in [5.74, 6) is 1.07. The summed E-state index contributed by atoms with van der Waals surface area (Å²) < 4.78 is 7.75. The molecule has 2 atom stereocenters. The second kappa shape index (κ2) is 4.72. The lowest BCUT2D eigenvalue weighted by Crippen LogP contribution is -2.56. The second-order valence-corrected chi connectivity index (χ2v) is 4.74. The summed E-state index contributed by atoms with van der Waals surface area (Å²) >= 11 is 0. The van der Waals surface area contributed by atoms with Crippen LogP contribution in [-0.2, 0) is 17.8 Å². The Balaban J connectivity index is 1.72. The summed E-state index contributed by atoms with van der Waals surface area (Å²) in [5, 5.41) is 11.5. The van der Waals surface area contributed by atoms with Crippen LogP contribution in [0, 0.1) is 0 Å². The van der Waals surface area contributed by atoms with Gasteiger partial charge < -0.3 is 14.6 Å². The molecule has 1 N–H and O–H groups in total. The number of aromatic nitrogens is 3. The normalized spacial score (nSPS) is 30.2. The van der Waals surface area contributed by atoms with Gasteiger partial charge in [-0.05, 0) is 13.5 Å². The van der Waals surface area contributed by atoms with E-state index in [1.807, 2.05) is 13.4 Å². The fraction of sp³-hybridized carbons (Fsp3) is 0.818. The van der Waals surface area contributed by atoms with Crippen LogP contribution in [0.5, 0.6) is 0 Å². The van der Waals surface area contributed by atoms with Gasteiger partial charge in [0.2, 0.25) is 0 Å². The molecule has 1 saturated heterocycles. The number of nitrogens with one attached hydrogen (secondary N) is 1. The highest BCUT2D eigenvalue weighted by atomic mass is 16.5. The third kappa shape index (κ3) is 2.08. The van der Waals surface area contributed by atoms with Crippen LogP contribution >= 0.6 is 0 Å². The molecule has 0 spiro atoms. The molecule has 0 radical (unpaired) electrons. The highest BCUT2D eigenvalue weighted by Crippen LogP contribution is 2.19. The summed E-state index contributed by atoms with van der Waals surface area (Å²) in [7, 11) is 2.04. The van der Waals surface area contributed by atoms with Gasteiger partial charge in [0, 0.05) is 31.8 Å². The van der Waals surface area contributed by atoms with Crippen LogP contribution in [0.2, 0.25) is 0 Å². The minimum absolute atomic E-state index is 0.458.